The standard InChI is InChI=1S/C23H28N4O5/c1-2-24-23(32)25-13-12-20(28)26-15-21(29)27-19(14-22(30)31)18-10-8-17(9-11-18)16-6-4-3-5-7-16/h3-11,19H,2,12-15H2,1H3,(H,26,28)(H,27,29)(H,30,31)(H2,24,25,32). The fraction of sp³-hybridized carbons (Fsp3) is 0.304. The molecule has 0 bridgehead atoms. The Balaban J connectivity index is 1.88. The van der Waals surface area contributed by atoms with Crippen molar-refractivity contribution in [1.29, 1.82) is 0 Å². The van der Waals surface area contributed by atoms with E-state index < -0.39 is 23.8 Å². The van der Waals surface area contributed by atoms with Crippen LogP contribution in [0.2, 0.25) is 0 Å². The third-order valence-electron chi connectivity index (χ3n) is 4.56. The van der Waals surface area contributed by atoms with E-state index in [1.165, 1.54) is 0 Å². The number of rotatable bonds is 11. The molecule has 0 aromatic heterocycles. The largest absolute Gasteiger partial charge is 0.481 e. The van der Waals surface area contributed by atoms with Gasteiger partial charge in [0.2, 0.25) is 11.8 Å². The fourth-order valence-electron chi connectivity index (χ4n) is 2.99. The van der Waals surface area contributed by atoms with Crippen LogP contribution >= 0.6 is 0 Å². The molecule has 0 heterocycles. The lowest BCUT2D eigenvalue weighted by Gasteiger charge is -2.18. The van der Waals surface area contributed by atoms with Gasteiger partial charge in [-0.3, -0.25) is 14.4 Å². The molecule has 0 saturated heterocycles. The number of aliphatic carboxylic acids is 1. The van der Waals surface area contributed by atoms with Crippen LogP contribution in [0.15, 0.2) is 54.6 Å². The van der Waals surface area contributed by atoms with Gasteiger partial charge >= 0.3 is 12.0 Å². The van der Waals surface area contributed by atoms with Gasteiger partial charge in [0, 0.05) is 19.5 Å². The van der Waals surface area contributed by atoms with Gasteiger partial charge in [-0.1, -0.05) is 54.6 Å². The molecule has 0 aliphatic carbocycles. The van der Waals surface area contributed by atoms with E-state index in [1.54, 1.807) is 19.1 Å². The smallest absolute Gasteiger partial charge is 0.314 e. The molecule has 0 aliphatic rings. The van der Waals surface area contributed by atoms with Crippen LogP contribution in [0.3, 0.4) is 0 Å². The maximum atomic E-state index is 12.3. The number of hydrogen-bond acceptors (Lipinski definition) is 4. The van der Waals surface area contributed by atoms with Gasteiger partial charge in [-0.2, -0.15) is 0 Å². The van der Waals surface area contributed by atoms with Crippen LogP contribution in [0, 0.1) is 0 Å². The number of carboxylic acid groups (broad SMARTS) is 1. The first-order chi connectivity index (χ1) is 15.4. The molecule has 0 saturated carbocycles. The Morgan fingerprint density at radius 2 is 1.50 bits per heavy atom. The van der Waals surface area contributed by atoms with Crippen LogP contribution in [0.5, 0.6) is 0 Å². The highest BCUT2D eigenvalue weighted by molar-refractivity contribution is 5.85. The Hall–Kier alpha value is -3.88. The molecule has 0 fully saturated rings. The van der Waals surface area contributed by atoms with Crippen LogP contribution < -0.4 is 21.3 Å². The second kappa shape index (κ2) is 12.7. The van der Waals surface area contributed by atoms with Gasteiger partial charge in [0.25, 0.3) is 0 Å². The molecule has 4 amide bonds. The molecule has 1 unspecified atom stereocenters. The second-order valence-corrected chi connectivity index (χ2v) is 7.02. The number of hydrogen-bond donors (Lipinski definition) is 5. The summed E-state index contributed by atoms with van der Waals surface area (Å²) >= 11 is 0. The first-order valence-electron chi connectivity index (χ1n) is 10.3. The normalized spacial score (nSPS) is 11.2. The van der Waals surface area contributed by atoms with Gasteiger partial charge in [0.05, 0.1) is 19.0 Å². The summed E-state index contributed by atoms with van der Waals surface area (Å²) in [6.07, 6.45) is -0.273. The molecule has 32 heavy (non-hydrogen) atoms. The summed E-state index contributed by atoms with van der Waals surface area (Å²) in [6, 6.07) is 15.9. The third kappa shape index (κ3) is 8.47. The highest BCUT2D eigenvalue weighted by Crippen LogP contribution is 2.23. The van der Waals surface area contributed by atoms with Gasteiger partial charge in [0.1, 0.15) is 0 Å². The summed E-state index contributed by atoms with van der Waals surface area (Å²) in [7, 11) is 0. The monoisotopic (exact) mass is 440 g/mol. The SMILES string of the molecule is CCNC(=O)NCCC(=O)NCC(=O)NC(CC(=O)O)c1ccc(-c2ccccc2)cc1. The molecule has 5 N–H and O–H groups in total. The van der Waals surface area contributed by atoms with Crippen LogP contribution in [-0.4, -0.2) is 48.6 Å². The van der Waals surface area contributed by atoms with Crippen molar-refractivity contribution < 1.29 is 24.3 Å². The van der Waals surface area contributed by atoms with Crippen molar-refractivity contribution in [2.24, 2.45) is 0 Å². The Morgan fingerprint density at radius 3 is 2.12 bits per heavy atom. The Morgan fingerprint density at radius 1 is 0.844 bits per heavy atom. The van der Waals surface area contributed by atoms with Crippen molar-refractivity contribution in [3.63, 3.8) is 0 Å². The van der Waals surface area contributed by atoms with E-state index in [9.17, 15) is 24.3 Å². The minimum atomic E-state index is -1.05. The van der Waals surface area contributed by atoms with Crippen molar-refractivity contribution in [2.75, 3.05) is 19.6 Å². The number of urea groups is 1. The molecule has 2 aromatic rings. The zero-order chi connectivity index (χ0) is 23.3. The molecule has 2 rings (SSSR count). The van der Waals surface area contributed by atoms with Gasteiger partial charge in [-0.15, -0.1) is 0 Å². The maximum absolute atomic E-state index is 12.3. The van der Waals surface area contributed by atoms with E-state index in [2.05, 4.69) is 21.3 Å². The minimum absolute atomic E-state index is 0.0178. The summed E-state index contributed by atoms with van der Waals surface area (Å²) in [6.45, 7) is 2.09. The molecular formula is C23H28N4O5. The molecule has 0 spiro atoms. The zero-order valence-corrected chi connectivity index (χ0v) is 17.9. The van der Waals surface area contributed by atoms with Gasteiger partial charge in [-0.25, -0.2) is 4.79 Å². The van der Waals surface area contributed by atoms with Crippen LogP contribution in [0.4, 0.5) is 4.79 Å². The topological polar surface area (TPSA) is 137 Å². The predicted octanol–water partition coefficient (Wildman–Crippen LogP) is 1.81. The summed E-state index contributed by atoms with van der Waals surface area (Å²) in [4.78, 5) is 46.7. The van der Waals surface area contributed by atoms with E-state index >= 15 is 0 Å². The number of carbonyl (C=O) groups is 4. The Kier molecular flexibility index (Phi) is 9.70. The van der Waals surface area contributed by atoms with Gasteiger partial charge in [-0.05, 0) is 23.6 Å². The quantitative estimate of drug-likeness (QED) is 0.363. The van der Waals surface area contributed by atoms with Gasteiger partial charge < -0.3 is 26.4 Å². The first-order valence-corrected chi connectivity index (χ1v) is 10.3. The van der Waals surface area contributed by atoms with E-state index in [0.29, 0.717) is 12.1 Å². The predicted molar refractivity (Wildman–Crippen MR) is 120 cm³/mol. The van der Waals surface area contributed by atoms with Crippen molar-refractivity contribution in [1.82, 2.24) is 21.3 Å². The molecule has 9 heteroatoms. The fourth-order valence-corrected chi connectivity index (χ4v) is 2.99. The number of carboxylic acids is 1. The van der Waals surface area contributed by atoms with Crippen molar-refractivity contribution in [3.8, 4) is 11.1 Å². The number of amides is 4. The molecule has 170 valence electrons. The Labute approximate surface area is 186 Å². The van der Waals surface area contributed by atoms with Crippen molar-refractivity contribution >= 4 is 23.8 Å². The van der Waals surface area contributed by atoms with Crippen LogP contribution in [0.25, 0.3) is 11.1 Å². The lowest BCUT2D eigenvalue weighted by Crippen LogP contribution is -2.41. The van der Waals surface area contributed by atoms with Crippen LogP contribution in [0.1, 0.15) is 31.4 Å². The van der Waals surface area contributed by atoms with Crippen LogP contribution in [-0.2, 0) is 14.4 Å². The summed E-state index contributed by atoms with van der Waals surface area (Å²) in [5.74, 6) is -1.96. The maximum Gasteiger partial charge on any atom is 0.314 e. The molecule has 9 nitrogen and oxygen atoms in total. The summed E-state index contributed by atoms with van der Waals surface area (Å²) < 4.78 is 0. The van der Waals surface area contributed by atoms with Crippen molar-refractivity contribution in [3.05, 3.63) is 60.2 Å². The molecular weight excluding hydrogens is 412 g/mol. The number of carbonyl (C=O) groups excluding carboxylic acids is 3. The number of nitrogens with one attached hydrogen (secondary N) is 4. The van der Waals surface area contributed by atoms with E-state index in [4.69, 9.17) is 0 Å². The van der Waals surface area contributed by atoms with E-state index in [0.717, 1.165) is 11.1 Å². The Bertz CT molecular complexity index is 916. The molecule has 2 aromatic carbocycles. The van der Waals surface area contributed by atoms with E-state index in [1.807, 2.05) is 42.5 Å². The average molecular weight is 441 g/mol. The summed E-state index contributed by atoms with van der Waals surface area (Å²) in [5, 5.41) is 19.4. The third-order valence-corrected chi connectivity index (χ3v) is 4.56. The lowest BCUT2D eigenvalue weighted by molar-refractivity contribution is -0.138. The molecule has 0 radical (unpaired) electrons. The first kappa shape index (κ1) is 24.4. The highest BCUT2D eigenvalue weighted by Gasteiger charge is 2.18. The van der Waals surface area contributed by atoms with E-state index in [-0.39, 0.29) is 32.0 Å². The van der Waals surface area contributed by atoms with Crippen molar-refractivity contribution in [2.45, 2.75) is 25.8 Å². The number of benzene rings is 2. The highest BCUT2D eigenvalue weighted by atomic mass is 16.4. The summed E-state index contributed by atoms with van der Waals surface area (Å²) in [5.41, 5.74) is 2.66. The zero-order valence-electron chi connectivity index (χ0n) is 17.9. The minimum Gasteiger partial charge on any atom is -0.481 e. The van der Waals surface area contributed by atoms with Gasteiger partial charge in [0.15, 0.2) is 0 Å². The average Bonchev–Trinajstić information content (AvgIpc) is 2.78. The lowest BCUT2D eigenvalue weighted by atomic mass is 9.99. The molecule has 1 atom stereocenters. The second-order valence-electron chi connectivity index (χ2n) is 7.02. The molecule has 0 aliphatic heterocycles.